The highest BCUT2D eigenvalue weighted by atomic mass is 32.2. The second-order valence-corrected chi connectivity index (χ2v) is 3.94. The topological polar surface area (TPSA) is 70.1 Å². The van der Waals surface area contributed by atoms with Crippen LogP contribution < -0.4 is 5.73 Å². The van der Waals surface area contributed by atoms with Gasteiger partial charge >= 0.3 is 0 Å². The average Bonchev–Trinajstić information content (AvgIpc) is 2.44. The highest BCUT2D eigenvalue weighted by Crippen LogP contribution is 2.21. The summed E-state index contributed by atoms with van der Waals surface area (Å²) in [7, 11) is 0. The third-order valence-corrected chi connectivity index (χ3v) is 2.78. The van der Waals surface area contributed by atoms with Crippen LogP contribution in [0.1, 0.15) is 10.5 Å². The van der Waals surface area contributed by atoms with Gasteiger partial charge < -0.3 is 10.5 Å². The van der Waals surface area contributed by atoms with Crippen molar-refractivity contribution in [2.45, 2.75) is 5.25 Å². The summed E-state index contributed by atoms with van der Waals surface area (Å²) in [5.74, 6) is -0.453. The van der Waals surface area contributed by atoms with Crippen LogP contribution >= 0.6 is 11.9 Å². The van der Waals surface area contributed by atoms with E-state index in [0.29, 0.717) is 24.2 Å². The number of hydrogen-bond acceptors (Lipinski definition) is 4. The molecule has 0 saturated carbocycles. The summed E-state index contributed by atoms with van der Waals surface area (Å²) in [5, 5.41) is 4.37. The van der Waals surface area contributed by atoms with Crippen LogP contribution in [0.5, 0.6) is 0 Å². The number of ether oxygens (including phenoxy) is 1. The first-order valence-corrected chi connectivity index (χ1v) is 4.70. The third-order valence-electron chi connectivity index (χ3n) is 1.72. The standard InChI is InChI=1S/C7H9N3O2S/c8-7(11)6-1-2-9-10(6)13-5-3-12-4-5/h1-2,5H,3-4H2,(H2,8,11). The molecule has 5 nitrogen and oxygen atoms in total. The van der Waals surface area contributed by atoms with Crippen LogP contribution in [0.3, 0.4) is 0 Å². The fraction of sp³-hybridized carbons (Fsp3) is 0.429. The van der Waals surface area contributed by atoms with Crippen LogP contribution in [0.25, 0.3) is 0 Å². The van der Waals surface area contributed by atoms with Crippen LogP contribution in [0.2, 0.25) is 0 Å². The molecule has 0 spiro atoms. The number of carbonyl (C=O) groups is 1. The molecule has 70 valence electrons. The van der Waals surface area contributed by atoms with Crippen molar-refractivity contribution in [3.8, 4) is 0 Å². The van der Waals surface area contributed by atoms with Crippen molar-refractivity contribution in [2.75, 3.05) is 13.2 Å². The van der Waals surface area contributed by atoms with Gasteiger partial charge in [0.05, 0.1) is 24.7 Å². The zero-order chi connectivity index (χ0) is 9.26. The van der Waals surface area contributed by atoms with Crippen molar-refractivity contribution in [1.82, 2.24) is 9.19 Å². The zero-order valence-electron chi connectivity index (χ0n) is 6.84. The van der Waals surface area contributed by atoms with E-state index in [4.69, 9.17) is 10.5 Å². The fourth-order valence-electron chi connectivity index (χ4n) is 0.967. The predicted octanol–water partition coefficient (Wildman–Crippen LogP) is -0.123. The first-order valence-electron chi connectivity index (χ1n) is 3.86. The van der Waals surface area contributed by atoms with Crippen LogP contribution in [0.4, 0.5) is 0 Å². The molecule has 0 aliphatic carbocycles. The molecule has 2 heterocycles. The number of amides is 1. The molecule has 0 unspecified atom stereocenters. The molecule has 6 heteroatoms. The molecule has 0 bridgehead atoms. The summed E-state index contributed by atoms with van der Waals surface area (Å²) in [6, 6.07) is 1.61. The Morgan fingerprint density at radius 2 is 2.54 bits per heavy atom. The van der Waals surface area contributed by atoms with E-state index in [1.165, 1.54) is 11.9 Å². The van der Waals surface area contributed by atoms with Gasteiger partial charge in [0.25, 0.3) is 5.91 Å². The summed E-state index contributed by atoms with van der Waals surface area (Å²) in [5.41, 5.74) is 5.58. The average molecular weight is 199 g/mol. The molecule has 0 atom stereocenters. The number of hydrogen-bond donors (Lipinski definition) is 1. The number of carbonyl (C=O) groups excluding carboxylic acids is 1. The SMILES string of the molecule is NC(=O)c1ccnn1SC1COC1. The van der Waals surface area contributed by atoms with Crippen molar-refractivity contribution in [3.63, 3.8) is 0 Å². The Hall–Kier alpha value is -1.01. The second kappa shape index (κ2) is 3.39. The van der Waals surface area contributed by atoms with E-state index in [9.17, 15) is 4.79 Å². The molecule has 1 saturated heterocycles. The molecule has 2 rings (SSSR count). The molecule has 0 radical (unpaired) electrons. The van der Waals surface area contributed by atoms with Crippen LogP contribution in [-0.2, 0) is 4.74 Å². The Balaban J connectivity index is 2.09. The lowest BCUT2D eigenvalue weighted by molar-refractivity contribution is 0.0451. The largest absolute Gasteiger partial charge is 0.379 e. The number of nitrogens with two attached hydrogens (primary N) is 1. The lowest BCUT2D eigenvalue weighted by atomic mass is 10.4. The van der Waals surface area contributed by atoms with E-state index in [-0.39, 0.29) is 0 Å². The molecule has 1 amide bonds. The van der Waals surface area contributed by atoms with Crippen LogP contribution in [-0.4, -0.2) is 33.6 Å². The van der Waals surface area contributed by atoms with Crippen molar-refractivity contribution >= 4 is 17.9 Å². The molecule has 1 fully saturated rings. The molecule has 1 aromatic rings. The van der Waals surface area contributed by atoms with Gasteiger partial charge in [-0.15, -0.1) is 0 Å². The van der Waals surface area contributed by atoms with Gasteiger partial charge in [-0.2, -0.15) is 5.10 Å². The van der Waals surface area contributed by atoms with E-state index in [0.717, 1.165) is 0 Å². The van der Waals surface area contributed by atoms with E-state index >= 15 is 0 Å². The van der Waals surface area contributed by atoms with Crippen molar-refractivity contribution in [3.05, 3.63) is 18.0 Å². The number of primary amides is 1. The second-order valence-electron chi connectivity index (χ2n) is 2.72. The van der Waals surface area contributed by atoms with Gasteiger partial charge in [-0.1, -0.05) is 0 Å². The van der Waals surface area contributed by atoms with Gasteiger partial charge in [0.15, 0.2) is 0 Å². The Morgan fingerprint density at radius 1 is 1.77 bits per heavy atom. The highest BCUT2D eigenvalue weighted by Gasteiger charge is 2.22. The first kappa shape index (κ1) is 8.58. The fourth-order valence-corrected chi connectivity index (χ4v) is 1.94. The van der Waals surface area contributed by atoms with Crippen LogP contribution in [0.15, 0.2) is 12.3 Å². The quantitative estimate of drug-likeness (QED) is 0.736. The van der Waals surface area contributed by atoms with E-state index < -0.39 is 5.91 Å². The summed E-state index contributed by atoms with van der Waals surface area (Å²) < 4.78 is 6.56. The van der Waals surface area contributed by atoms with Crippen molar-refractivity contribution in [2.24, 2.45) is 5.73 Å². The van der Waals surface area contributed by atoms with Crippen LogP contribution in [0, 0.1) is 0 Å². The smallest absolute Gasteiger partial charge is 0.268 e. The summed E-state index contributed by atoms with van der Waals surface area (Å²) in [6.07, 6.45) is 1.56. The Labute approximate surface area is 79.4 Å². The number of nitrogens with zero attached hydrogens (tertiary/aromatic N) is 2. The van der Waals surface area contributed by atoms with E-state index in [1.54, 1.807) is 16.4 Å². The van der Waals surface area contributed by atoms with Gasteiger partial charge in [0.1, 0.15) is 5.69 Å². The molecule has 1 aliphatic heterocycles. The maximum atomic E-state index is 10.9. The van der Waals surface area contributed by atoms with Crippen molar-refractivity contribution < 1.29 is 9.53 Å². The minimum atomic E-state index is -0.453. The lowest BCUT2D eigenvalue weighted by Crippen LogP contribution is -2.32. The minimum Gasteiger partial charge on any atom is -0.379 e. The number of rotatable bonds is 3. The highest BCUT2D eigenvalue weighted by molar-refractivity contribution is 7.98. The Kier molecular flexibility index (Phi) is 2.24. The normalized spacial score (nSPS) is 16.9. The van der Waals surface area contributed by atoms with E-state index in [2.05, 4.69) is 5.10 Å². The molecule has 0 aromatic carbocycles. The third kappa shape index (κ3) is 1.68. The monoisotopic (exact) mass is 199 g/mol. The van der Waals surface area contributed by atoms with Crippen molar-refractivity contribution in [1.29, 1.82) is 0 Å². The minimum absolute atomic E-state index is 0.387. The Morgan fingerprint density at radius 3 is 3.08 bits per heavy atom. The maximum Gasteiger partial charge on any atom is 0.268 e. The predicted molar refractivity (Wildman–Crippen MR) is 48.3 cm³/mol. The molecular weight excluding hydrogens is 190 g/mol. The Bertz CT molecular complexity index is 321. The summed E-state index contributed by atoms with van der Waals surface area (Å²) in [4.78, 5) is 10.9. The first-order chi connectivity index (χ1) is 6.27. The van der Waals surface area contributed by atoms with Gasteiger partial charge in [-0.3, -0.25) is 4.79 Å². The van der Waals surface area contributed by atoms with Gasteiger partial charge in [-0.25, -0.2) is 4.09 Å². The van der Waals surface area contributed by atoms with Gasteiger partial charge in [0.2, 0.25) is 0 Å². The lowest BCUT2D eigenvalue weighted by Gasteiger charge is -2.24. The summed E-state index contributed by atoms with van der Waals surface area (Å²) in [6.45, 7) is 1.42. The van der Waals surface area contributed by atoms with Gasteiger partial charge in [-0.05, 0) is 18.0 Å². The molecule has 1 aromatic heterocycles. The molecular formula is C7H9N3O2S. The molecule has 2 N–H and O–H groups in total. The number of aromatic nitrogens is 2. The molecule has 1 aliphatic rings. The van der Waals surface area contributed by atoms with E-state index in [1.807, 2.05) is 0 Å². The van der Waals surface area contributed by atoms with Gasteiger partial charge in [0, 0.05) is 0 Å². The zero-order valence-corrected chi connectivity index (χ0v) is 7.66. The summed E-state index contributed by atoms with van der Waals surface area (Å²) >= 11 is 1.47. The molecule has 13 heavy (non-hydrogen) atoms. The maximum absolute atomic E-state index is 10.9.